The first-order valence-corrected chi connectivity index (χ1v) is 7.42. The monoisotopic (exact) mass is 310 g/mol. The van der Waals surface area contributed by atoms with Gasteiger partial charge in [0.2, 0.25) is 0 Å². The van der Waals surface area contributed by atoms with Crippen LogP contribution in [0.15, 0.2) is 12.1 Å². The number of carbonyl (C=O) groups is 2. The molecule has 0 spiro atoms. The third kappa shape index (κ3) is 4.65. The minimum absolute atomic E-state index is 0.00282. The lowest BCUT2D eigenvalue weighted by atomic mass is 10.1. The predicted octanol–water partition coefficient (Wildman–Crippen LogP) is 3.44. The molecular weight excluding hydrogens is 288 g/mol. The van der Waals surface area contributed by atoms with E-state index in [1.165, 1.54) is 12.1 Å². The molecule has 0 heterocycles. The van der Waals surface area contributed by atoms with E-state index in [0.29, 0.717) is 13.2 Å². The van der Waals surface area contributed by atoms with Crippen molar-refractivity contribution in [2.24, 2.45) is 0 Å². The van der Waals surface area contributed by atoms with Gasteiger partial charge in [-0.15, -0.1) is 0 Å². The first-order chi connectivity index (χ1) is 10.5. The van der Waals surface area contributed by atoms with E-state index in [9.17, 15) is 14.7 Å². The van der Waals surface area contributed by atoms with Gasteiger partial charge in [0.25, 0.3) is 0 Å². The highest BCUT2D eigenvalue weighted by Crippen LogP contribution is 2.34. The van der Waals surface area contributed by atoms with Crippen LogP contribution >= 0.6 is 0 Å². The minimum atomic E-state index is -1.34. The molecule has 1 aromatic carbocycles. The maximum absolute atomic E-state index is 11.5. The molecule has 122 valence electrons. The van der Waals surface area contributed by atoms with Crippen LogP contribution < -0.4 is 9.47 Å². The third-order valence-corrected chi connectivity index (χ3v) is 3.07. The van der Waals surface area contributed by atoms with E-state index >= 15 is 0 Å². The van der Waals surface area contributed by atoms with Crippen molar-refractivity contribution in [2.45, 2.75) is 39.5 Å². The molecule has 0 atom stereocenters. The Hall–Kier alpha value is -2.24. The summed E-state index contributed by atoms with van der Waals surface area (Å²) in [4.78, 5) is 22.7. The zero-order valence-electron chi connectivity index (χ0n) is 12.9. The van der Waals surface area contributed by atoms with Crippen LogP contribution in [0, 0.1) is 0 Å². The van der Waals surface area contributed by atoms with Crippen molar-refractivity contribution >= 4 is 11.9 Å². The highest BCUT2D eigenvalue weighted by Gasteiger charge is 2.25. The second-order valence-electron chi connectivity index (χ2n) is 4.83. The van der Waals surface area contributed by atoms with Gasteiger partial charge in [-0.1, -0.05) is 26.7 Å². The van der Waals surface area contributed by atoms with Gasteiger partial charge in [-0.05, 0) is 25.0 Å². The zero-order valence-corrected chi connectivity index (χ0v) is 12.9. The van der Waals surface area contributed by atoms with E-state index < -0.39 is 11.9 Å². The molecule has 0 aromatic heterocycles. The number of hydrogen-bond acceptors (Lipinski definition) is 4. The Morgan fingerprint density at radius 3 is 2.05 bits per heavy atom. The van der Waals surface area contributed by atoms with Crippen LogP contribution in [0.3, 0.4) is 0 Å². The molecule has 1 aromatic rings. The van der Waals surface area contributed by atoms with E-state index in [1.54, 1.807) is 0 Å². The minimum Gasteiger partial charge on any atom is -0.490 e. The quantitative estimate of drug-likeness (QED) is 0.643. The van der Waals surface area contributed by atoms with Crippen LogP contribution in [0.2, 0.25) is 0 Å². The molecule has 0 fully saturated rings. The fraction of sp³-hybridized carbons (Fsp3) is 0.500. The average molecular weight is 310 g/mol. The van der Waals surface area contributed by atoms with Crippen molar-refractivity contribution in [3.05, 3.63) is 23.3 Å². The Balaban J connectivity index is 3.21. The topological polar surface area (TPSA) is 93.1 Å². The molecule has 0 amide bonds. The van der Waals surface area contributed by atoms with Crippen LogP contribution in [-0.4, -0.2) is 35.4 Å². The summed E-state index contributed by atoms with van der Waals surface area (Å²) in [6, 6.07) is 2.69. The lowest BCUT2D eigenvalue weighted by Crippen LogP contribution is -2.13. The smallest absolute Gasteiger partial charge is 0.340 e. The molecule has 0 unspecified atom stereocenters. The van der Waals surface area contributed by atoms with Gasteiger partial charge in [0.05, 0.1) is 18.8 Å². The van der Waals surface area contributed by atoms with E-state index in [-0.39, 0.29) is 22.6 Å². The first kappa shape index (κ1) is 17.8. The molecule has 0 saturated carbocycles. The number of ether oxygens (including phenoxy) is 2. The number of carboxylic acid groups (broad SMARTS) is 2. The van der Waals surface area contributed by atoms with Gasteiger partial charge in [-0.2, -0.15) is 0 Å². The highest BCUT2D eigenvalue weighted by atomic mass is 16.5. The number of rotatable bonds is 10. The van der Waals surface area contributed by atoms with Crippen molar-refractivity contribution in [2.75, 3.05) is 13.2 Å². The van der Waals surface area contributed by atoms with Gasteiger partial charge < -0.3 is 19.7 Å². The molecular formula is C16H22O6. The van der Waals surface area contributed by atoms with E-state index in [1.807, 2.05) is 13.8 Å². The van der Waals surface area contributed by atoms with Gasteiger partial charge in [0.15, 0.2) is 11.5 Å². The summed E-state index contributed by atoms with van der Waals surface area (Å²) in [5.41, 5.74) is -0.667. The summed E-state index contributed by atoms with van der Waals surface area (Å²) in [6.07, 6.45) is 3.38. The van der Waals surface area contributed by atoms with Crippen molar-refractivity contribution in [1.82, 2.24) is 0 Å². The summed E-state index contributed by atoms with van der Waals surface area (Å²) in [5.74, 6) is -2.38. The van der Waals surface area contributed by atoms with E-state index in [0.717, 1.165) is 25.7 Å². The Kier molecular flexibility index (Phi) is 7.22. The summed E-state index contributed by atoms with van der Waals surface area (Å²) >= 11 is 0. The number of unbranched alkanes of at least 4 members (excludes halogenated alkanes) is 2. The lowest BCUT2D eigenvalue weighted by Gasteiger charge is -2.16. The molecule has 2 N–H and O–H groups in total. The predicted molar refractivity (Wildman–Crippen MR) is 81.2 cm³/mol. The van der Waals surface area contributed by atoms with Gasteiger partial charge in [0.1, 0.15) is 5.56 Å². The number of hydrogen-bond donors (Lipinski definition) is 2. The first-order valence-electron chi connectivity index (χ1n) is 7.42. The maximum atomic E-state index is 11.5. The Morgan fingerprint density at radius 1 is 0.955 bits per heavy atom. The van der Waals surface area contributed by atoms with Gasteiger partial charge >= 0.3 is 11.9 Å². The average Bonchev–Trinajstić information content (AvgIpc) is 2.47. The SMILES string of the molecule is CCCCOc1ccc(C(=O)O)c(C(=O)O)c1OCCCC. The van der Waals surface area contributed by atoms with E-state index in [2.05, 4.69) is 0 Å². The molecule has 1 rings (SSSR count). The fourth-order valence-corrected chi connectivity index (χ4v) is 1.86. The van der Waals surface area contributed by atoms with Crippen LogP contribution in [0.5, 0.6) is 11.5 Å². The second kappa shape index (κ2) is 8.92. The molecule has 0 aliphatic rings. The van der Waals surface area contributed by atoms with Gasteiger partial charge in [0, 0.05) is 0 Å². The maximum Gasteiger partial charge on any atom is 0.340 e. The van der Waals surface area contributed by atoms with Crippen LogP contribution in [-0.2, 0) is 0 Å². The molecule has 6 nitrogen and oxygen atoms in total. The second-order valence-corrected chi connectivity index (χ2v) is 4.83. The molecule has 6 heteroatoms. The van der Waals surface area contributed by atoms with Gasteiger partial charge in [-0.25, -0.2) is 9.59 Å². The van der Waals surface area contributed by atoms with Crippen LogP contribution in [0.4, 0.5) is 0 Å². The number of aromatic carboxylic acids is 2. The van der Waals surface area contributed by atoms with Crippen LogP contribution in [0.25, 0.3) is 0 Å². The number of carboxylic acids is 2. The van der Waals surface area contributed by atoms with Crippen LogP contribution in [0.1, 0.15) is 60.2 Å². The largest absolute Gasteiger partial charge is 0.490 e. The standard InChI is InChI=1S/C16H22O6/c1-3-5-9-21-12-8-7-11(15(17)18)13(16(19)20)14(12)22-10-6-4-2/h7-8H,3-6,9-10H2,1-2H3,(H,17,18)(H,19,20). The van der Waals surface area contributed by atoms with Crippen molar-refractivity contribution in [3.63, 3.8) is 0 Å². The molecule has 0 radical (unpaired) electrons. The fourth-order valence-electron chi connectivity index (χ4n) is 1.86. The molecule has 22 heavy (non-hydrogen) atoms. The Labute approximate surface area is 129 Å². The Morgan fingerprint density at radius 2 is 1.55 bits per heavy atom. The summed E-state index contributed by atoms with van der Waals surface area (Å²) in [7, 11) is 0. The number of benzene rings is 1. The van der Waals surface area contributed by atoms with Gasteiger partial charge in [-0.3, -0.25) is 0 Å². The highest BCUT2D eigenvalue weighted by molar-refractivity contribution is 6.04. The van der Waals surface area contributed by atoms with Crippen molar-refractivity contribution in [1.29, 1.82) is 0 Å². The summed E-state index contributed by atoms with van der Waals surface area (Å²) < 4.78 is 11.1. The third-order valence-electron chi connectivity index (χ3n) is 3.07. The molecule has 0 aliphatic carbocycles. The zero-order chi connectivity index (χ0) is 16.5. The molecule has 0 bridgehead atoms. The molecule has 0 aliphatic heterocycles. The van der Waals surface area contributed by atoms with Crippen molar-refractivity contribution in [3.8, 4) is 11.5 Å². The molecule has 0 saturated heterocycles. The summed E-state index contributed by atoms with van der Waals surface area (Å²) in [5, 5.41) is 18.5. The Bertz CT molecular complexity index is 524. The lowest BCUT2D eigenvalue weighted by molar-refractivity contribution is 0.0646. The van der Waals surface area contributed by atoms with Crippen molar-refractivity contribution < 1.29 is 29.3 Å². The van der Waals surface area contributed by atoms with E-state index in [4.69, 9.17) is 14.6 Å². The normalized spacial score (nSPS) is 10.3. The summed E-state index contributed by atoms with van der Waals surface area (Å²) in [6.45, 7) is 4.72.